The molecule has 2 N–H and O–H groups in total. The summed E-state index contributed by atoms with van der Waals surface area (Å²) in [5.74, 6) is 2.61. The van der Waals surface area contributed by atoms with Crippen LogP contribution in [0.1, 0.15) is 11.4 Å². The molecule has 0 aliphatic rings. The summed E-state index contributed by atoms with van der Waals surface area (Å²) in [5.41, 5.74) is 3.37. The van der Waals surface area contributed by atoms with Gasteiger partial charge in [-0.05, 0) is 29.7 Å². The lowest BCUT2D eigenvalue weighted by Crippen LogP contribution is -2.39. The molecule has 6 nitrogen and oxygen atoms in total. The first-order valence-electron chi connectivity index (χ1n) is 9.33. The molecule has 0 saturated carbocycles. The number of benzene rings is 2. The third-order valence-electron chi connectivity index (χ3n) is 4.50. The summed E-state index contributed by atoms with van der Waals surface area (Å²) in [5, 5.41) is 3.41. The number of methoxy groups -OCH3 is 1. The second-order valence-corrected chi connectivity index (χ2v) is 6.54. The molecule has 3 aromatic rings. The molecule has 0 aliphatic carbocycles. The van der Waals surface area contributed by atoms with E-state index in [9.17, 15) is 0 Å². The van der Waals surface area contributed by atoms with Crippen LogP contribution < -0.4 is 10.1 Å². The normalized spacial score (nSPS) is 10.9. The number of guanidine groups is 1. The van der Waals surface area contributed by atoms with Crippen LogP contribution in [0.4, 0.5) is 0 Å². The van der Waals surface area contributed by atoms with Gasteiger partial charge in [-0.3, -0.25) is 4.99 Å². The fourth-order valence-electron chi connectivity index (χ4n) is 3.04. The maximum atomic E-state index is 5.28. The van der Waals surface area contributed by atoms with E-state index in [1.165, 1.54) is 5.56 Å². The zero-order chi connectivity index (χ0) is 19.8. The molecule has 0 saturated heterocycles. The van der Waals surface area contributed by atoms with E-state index in [-0.39, 0.29) is 24.0 Å². The molecule has 154 valence electrons. The van der Waals surface area contributed by atoms with Crippen LogP contribution in [0.2, 0.25) is 0 Å². The number of nitrogens with one attached hydrogen (secondary N) is 2. The van der Waals surface area contributed by atoms with Crippen molar-refractivity contribution in [1.82, 2.24) is 20.2 Å². The van der Waals surface area contributed by atoms with Crippen molar-refractivity contribution in [2.75, 3.05) is 27.7 Å². The van der Waals surface area contributed by atoms with Gasteiger partial charge in [-0.2, -0.15) is 0 Å². The minimum absolute atomic E-state index is 0. The van der Waals surface area contributed by atoms with Crippen LogP contribution >= 0.6 is 24.0 Å². The predicted octanol–water partition coefficient (Wildman–Crippen LogP) is 3.95. The lowest BCUT2D eigenvalue weighted by Gasteiger charge is -2.21. The molecule has 1 aromatic heterocycles. The highest BCUT2D eigenvalue weighted by molar-refractivity contribution is 14.0. The fraction of sp³-hybridized carbons (Fsp3) is 0.273. The smallest absolute Gasteiger partial charge is 0.193 e. The van der Waals surface area contributed by atoms with Gasteiger partial charge >= 0.3 is 0 Å². The van der Waals surface area contributed by atoms with E-state index in [0.29, 0.717) is 6.54 Å². The Hall–Kier alpha value is -2.55. The van der Waals surface area contributed by atoms with E-state index in [4.69, 9.17) is 4.74 Å². The van der Waals surface area contributed by atoms with Crippen LogP contribution in [-0.4, -0.2) is 48.6 Å². The zero-order valence-electron chi connectivity index (χ0n) is 17.1. The summed E-state index contributed by atoms with van der Waals surface area (Å²) in [4.78, 5) is 14.3. The van der Waals surface area contributed by atoms with Crippen LogP contribution in [-0.2, 0) is 13.0 Å². The minimum Gasteiger partial charge on any atom is -0.497 e. The highest BCUT2D eigenvalue weighted by atomic mass is 127. The molecule has 0 spiro atoms. The first kappa shape index (κ1) is 22.7. The first-order chi connectivity index (χ1) is 13.7. The third kappa shape index (κ3) is 6.49. The minimum atomic E-state index is 0. The van der Waals surface area contributed by atoms with Crippen molar-refractivity contribution in [2.24, 2.45) is 4.99 Å². The molecular weight excluding hydrogens is 477 g/mol. The van der Waals surface area contributed by atoms with Gasteiger partial charge in [0.15, 0.2) is 5.96 Å². The number of nitrogens with zero attached hydrogens (tertiary/aromatic N) is 3. The van der Waals surface area contributed by atoms with Gasteiger partial charge < -0.3 is 19.9 Å². The number of aromatic nitrogens is 2. The summed E-state index contributed by atoms with van der Waals surface area (Å²) in [6.07, 6.45) is 2.76. The van der Waals surface area contributed by atoms with Crippen LogP contribution in [0.25, 0.3) is 11.3 Å². The lowest BCUT2D eigenvalue weighted by molar-refractivity contribution is 0.414. The Kier molecular flexibility index (Phi) is 8.98. The van der Waals surface area contributed by atoms with Crippen molar-refractivity contribution in [3.63, 3.8) is 0 Å². The average molecular weight is 505 g/mol. The molecular formula is C22H28IN5O. The number of H-pyrrole nitrogens is 1. The van der Waals surface area contributed by atoms with Gasteiger partial charge in [0.1, 0.15) is 11.6 Å². The maximum Gasteiger partial charge on any atom is 0.193 e. The number of hydrogen-bond donors (Lipinski definition) is 2. The molecule has 0 amide bonds. The molecule has 1 heterocycles. The van der Waals surface area contributed by atoms with Gasteiger partial charge in [0, 0.05) is 20.6 Å². The first-order valence-corrected chi connectivity index (χ1v) is 9.33. The summed E-state index contributed by atoms with van der Waals surface area (Å²) < 4.78 is 5.28. The molecule has 29 heavy (non-hydrogen) atoms. The Labute approximate surface area is 189 Å². The zero-order valence-corrected chi connectivity index (χ0v) is 19.4. The highest BCUT2D eigenvalue weighted by Crippen LogP contribution is 2.16. The predicted molar refractivity (Wildman–Crippen MR) is 129 cm³/mol. The van der Waals surface area contributed by atoms with Gasteiger partial charge in [-0.1, -0.05) is 42.5 Å². The van der Waals surface area contributed by atoms with Crippen LogP contribution in [0.15, 0.2) is 65.8 Å². The molecule has 0 atom stereocenters. The van der Waals surface area contributed by atoms with E-state index < -0.39 is 0 Å². The van der Waals surface area contributed by atoms with Gasteiger partial charge in [-0.25, -0.2) is 4.98 Å². The molecule has 0 fully saturated rings. The number of hydrogen-bond acceptors (Lipinski definition) is 3. The molecule has 0 unspecified atom stereocenters. The SMILES string of the molecule is CN=C(NCCc1cccc(OC)c1)N(C)Cc1ncc(-c2ccccc2)[nH]1.I. The van der Waals surface area contributed by atoms with E-state index in [1.54, 1.807) is 14.2 Å². The van der Waals surface area contributed by atoms with E-state index in [2.05, 4.69) is 49.4 Å². The van der Waals surface area contributed by atoms with E-state index in [1.807, 2.05) is 43.6 Å². The Balaban J connectivity index is 0.00000300. The molecule has 2 aromatic carbocycles. The average Bonchev–Trinajstić information content (AvgIpc) is 3.20. The Morgan fingerprint density at radius 1 is 1.17 bits per heavy atom. The Morgan fingerprint density at radius 3 is 2.69 bits per heavy atom. The van der Waals surface area contributed by atoms with Crippen molar-refractivity contribution in [2.45, 2.75) is 13.0 Å². The quantitative estimate of drug-likeness (QED) is 0.290. The Morgan fingerprint density at radius 2 is 1.97 bits per heavy atom. The van der Waals surface area contributed by atoms with Crippen molar-refractivity contribution in [3.8, 4) is 17.0 Å². The van der Waals surface area contributed by atoms with Crippen LogP contribution in [0.3, 0.4) is 0 Å². The molecule has 7 heteroatoms. The van der Waals surface area contributed by atoms with Gasteiger partial charge in [0.05, 0.1) is 25.5 Å². The van der Waals surface area contributed by atoms with Crippen LogP contribution in [0.5, 0.6) is 5.75 Å². The van der Waals surface area contributed by atoms with Gasteiger partial charge in [-0.15, -0.1) is 24.0 Å². The number of rotatable bonds is 7. The second-order valence-electron chi connectivity index (χ2n) is 6.54. The second kappa shape index (κ2) is 11.5. The number of aromatic amines is 1. The number of halogens is 1. The molecule has 0 aliphatic heterocycles. The standard InChI is InChI=1S/C22H27N5O.HI/c1-23-22(24-13-12-17-8-7-11-19(14-17)28-3)27(2)16-21-25-15-20(26-21)18-9-5-4-6-10-18;/h4-11,14-15H,12-13,16H2,1-3H3,(H,23,24)(H,25,26);1H. The van der Waals surface area contributed by atoms with Gasteiger partial charge in [0.2, 0.25) is 0 Å². The largest absolute Gasteiger partial charge is 0.497 e. The monoisotopic (exact) mass is 505 g/mol. The number of ether oxygens (including phenoxy) is 1. The van der Waals surface area contributed by atoms with Crippen molar-refractivity contribution >= 4 is 29.9 Å². The van der Waals surface area contributed by atoms with E-state index >= 15 is 0 Å². The van der Waals surface area contributed by atoms with Crippen molar-refractivity contribution < 1.29 is 4.74 Å². The molecule has 0 bridgehead atoms. The van der Waals surface area contributed by atoms with E-state index in [0.717, 1.165) is 41.8 Å². The molecule has 0 radical (unpaired) electrons. The summed E-state index contributed by atoms with van der Waals surface area (Å²) in [6, 6.07) is 18.3. The molecule has 3 rings (SSSR count). The summed E-state index contributed by atoms with van der Waals surface area (Å²) in [6.45, 7) is 1.43. The van der Waals surface area contributed by atoms with Crippen LogP contribution in [0, 0.1) is 0 Å². The Bertz CT molecular complexity index is 910. The van der Waals surface area contributed by atoms with Gasteiger partial charge in [0.25, 0.3) is 0 Å². The summed E-state index contributed by atoms with van der Waals surface area (Å²) >= 11 is 0. The summed E-state index contributed by atoms with van der Waals surface area (Å²) in [7, 11) is 5.49. The highest BCUT2D eigenvalue weighted by Gasteiger charge is 2.10. The van der Waals surface area contributed by atoms with Crippen molar-refractivity contribution in [3.05, 3.63) is 72.2 Å². The fourth-order valence-corrected chi connectivity index (χ4v) is 3.04. The topological polar surface area (TPSA) is 65.5 Å². The number of imidazole rings is 1. The lowest BCUT2D eigenvalue weighted by atomic mass is 10.1. The number of aliphatic imine (C=N–C) groups is 1. The third-order valence-corrected chi connectivity index (χ3v) is 4.50. The maximum absolute atomic E-state index is 5.28. The van der Waals surface area contributed by atoms with Crippen molar-refractivity contribution in [1.29, 1.82) is 0 Å².